The van der Waals surface area contributed by atoms with Crippen LogP contribution in [0.4, 0.5) is 0 Å². The van der Waals surface area contributed by atoms with Crippen molar-refractivity contribution in [3.63, 3.8) is 0 Å². The Morgan fingerprint density at radius 1 is 1.00 bits per heavy atom. The molecule has 3 heterocycles. The summed E-state index contributed by atoms with van der Waals surface area (Å²) in [6.07, 6.45) is 3.91. The third-order valence-electron chi connectivity index (χ3n) is 7.96. The van der Waals surface area contributed by atoms with Crippen LogP contribution in [0.1, 0.15) is 64.6 Å². The summed E-state index contributed by atoms with van der Waals surface area (Å²) >= 11 is 0. The van der Waals surface area contributed by atoms with Crippen LogP contribution in [-0.4, -0.2) is 43.1 Å². The van der Waals surface area contributed by atoms with Crippen LogP contribution in [0.3, 0.4) is 0 Å². The van der Waals surface area contributed by atoms with Crippen molar-refractivity contribution in [1.82, 2.24) is 24.3 Å². The summed E-state index contributed by atoms with van der Waals surface area (Å²) in [5, 5.41) is 11.0. The molecular formula is C32H34N6O3. The summed E-state index contributed by atoms with van der Waals surface area (Å²) in [4.78, 5) is 32.9. The van der Waals surface area contributed by atoms with Gasteiger partial charge in [-0.05, 0) is 87.9 Å². The molecule has 0 radical (unpaired) electrons. The lowest BCUT2D eigenvalue weighted by Gasteiger charge is -2.24. The fourth-order valence-corrected chi connectivity index (χ4v) is 5.77. The first-order chi connectivity index (χ1) is 19.8. The number of hydrogen-bond acceptors (Lipinski definition) is 6. The van der Waals surface area contributed by atoms with E-state index in [1.165, 1.54) is 4.57 Å². The van der Waals surface area contributed by atoms with Crippen molar-refractivity contribution in [3.8, 4) is 11.7 Å². The summed E-state index contributed by atoms with van der Waals surface area (Å²) in [6, 6.07) is 17.5. The van der Waals surface area contributed by atoms with Crippen LogP contribution in [0, 0.1) is 20.8 Å². The van der Waals surface area contributed by atoms with E-state index in [9.17, 15) is 9.59 Å². The number of hydrogen-bond donors (Lipinski definition) is 0. The highest BCUT2D eigenvalue weighted by Gasteiger charge is 2.34. The fraction of sp³-hybridized carbons (Fsp3) is 0.344. The number of hydrazone groups is 1. The molecule has 0 spiro atoms. The first kappa shape index (κ1) is 26.7. The van der Waals surface area contributed by atoms with Gasteiger partial charge < -0.3 is 4.74 Å². The minimum absolute atomic E-state index is 0.170. The fourth-order valence-electron chi connectivity index (χ4n) is 5.77. The number of ether oxygens (including phenoxy) is 1. The van der Waals surface area contributed by atoms with Crippen LogP contribution in [0.2, 0.25) is 0 Å². The quantitative estimate of drug-likeness (QED) is 0.349. The van der Waals surface area contributed by atoms with Gasteiger partial charge in [0.2, 0.25) is 5.95 Å². The standard InChI is InChI=1S/C32H34N6O3/c1-20-9-11-24(12-10-20)29-18-28(23-13-15-25(41-4)16-14-23)35-38(29)30(39)19-36-31(40)26-7-5-6-8-27(26)33-32(36)37-22(3)17-21(2)34-37/h9-17,29H,5-8,18-19H2,1-4H3. The number of carbonyl (C=O) groups excluding carboxylic acids is 1. The molecule has 4 aromatic rings. The third kappa shape index (κ3) is 5.08. The molecule has 0 bridgehead atoms. The molecule has 2 aliphatic rings. The lowest BCUT2D eigenvalue weighted by atomic mass is 9.97. The zero-order valence-electron chi connectivity index (χ0n) is 23.9. The molecule has 9 nitrogen and oxygen atoms in total. The number of rotatable bonds is 6. The highest BCUT2D eigenvalue weighted by atomic mass is 16.5. The van der Waals surface area contributed by atoms with Crippen LogP contribution in [0.5, 0.6) is 5.75 Å². The Balaban J connectivity index is 1.41. The van der Waals surface area contributed by atoms with E-state index in [0.717, 1.165) is 64.5 Å². The highest BCUT2D eigenvalue weighted by molar-refractivity contribution is 6.03. The monoisotopic (exact) mass is 550 g/mol. The molecule has 0 N–H and O–H groups in total. The van der Waals surface area contributed by atoms with E-state index in [2.05, 4.69) is 5.10 Å². The number of methoxy groups -OCH3 is 1. The van der Waals surface area contributed by atoms with Crippen molar-refractivity contribution >= 4 is 11.6 Å². The molecule has 41 heavy (non-hydrogen) atoms. The summed E-state index contributed by atoms with van der Waals surface area (Å²) in [7, 11) is 1.63. The Morgan fingerprint density at radius 3 is 2.41 bits per heavy atom. The molecule has 1 unspecified atom stereocenters. The van der Waals surface area contributed by atoms with Gasteiger partial charge in [0.15, 0.2) is 0 Å². The maximum absolute atomic E-state index is 14.1. The molecule has 6 rings (SSSR count). The second-order valence-electron chi connectivity index (χ2n) is 10.9. The Kier molecular flexibility index (Phi) is 7.03. The van der Waals surface area contributed by atoms with E-state index in [4.69, 9.17) is 14.8 Å². The molecule has 1 aliphatic heterocycles. The van der Waals surface area contributed by atoms with E-state index >= 15 is 0 Å². The third-order valence-corrected chi connectivity index (χ3v) is 7.96. The van der Waals surface area contributed by atoms with E-state index in [1.54, 1.807) is 16.8 Å². The Bertz CT molecular complexity index is 1700. The van der Waals surface area contributed by atoms with Crippen LogP contribution < -0.4 is 10.3 Å². The van der Waals surface area contributed by atoms with Crippen molar-refractivity contribution in [2.24, 2.45) is 5.10 Å². The highest BCUT2D eigenvalue weighted by Crippen LogP contribution is 2.34. The molecule has 1 amide bonds. The molecule has 0 saturated carbocycles. The summed E-state index contributed by atoms with van der Waals surface area (Å²) in [5.74, 6) is 0.855. The minimum atomic E-state index is -0.293. The van der Waals surface area contributed by atoms with Gasteiger partial charge in [0, 0.05) is 17.7 Å². The van der Waals surface area contributed by atoms with Gasteiger partial charge in [-0.15, -0.1) is 0 Å². The number of fused-ring (bicyclic) bond motifs is 1. The van der Waals surface area contributed by atoms with Crippen LogP contribution in [-0.2, 0) is 24.2 Å². The predicted molar refractivity (Wildman–Crippen MR) is 157 cm³/mol. The van der Waals surface area contributed by atoms with Crippen molar-refractivity contribution in [2.45, 2.75) is 65.5 Å². The first-order valence-electron chi connectivity index (χ1n) is 14.1. The number of aryl methyl sites for hydroxylation is 4. The summed E-state index contributed by atoms with van der Waals surface area (Å²) in [6.45, 7) is 5.68. The second-order valence-corrected chi connectivity index (χ2v) is 10.9. The van der Waals surface area contributed by atoms with Crippen molar-refractivity contribution in [3.05, 3.63) is 104 Å². The average molecular weight is 551 g/mol. The molecule has 2 aromatic carbocycles. The SMILES string of the molecule is COc1ccc(C2=NN(C(=O)Cn3c(-n4nc(C)cc4C)nc4c(c3=O)CCCC4)C(c3ccc(C)cc3)C2)cc1. The van der Waals surface area contributed by atoms with E-state index in [-0.39, 0.29) is 24.1 Å². The second kappa shape index (κ2) is 10.8. The van der Waals surface area contributed by atoms with Gasteiger partial charge in [0.25, 0.3) is 11.5 Å². The molecule has 210 valence electrons. The Morgan fingerprint density at radius 2 is 1.73 bits per heavy atom. The number of benzene rings is 2. The maximum Gasteiger partial charge on any atom is 0.263 e. The van der Waals surface area contributed by atoms with Crippen LogP contribution in [0.15, 0.2) is 64.5 Å². The van der Waals surface area contributed by atoms with E-state index in [0.29, 0.717) is 24.4 Å². The average Bonchev–Trinajstić information content (AvgIpc) is 3.58. The number of nitrogens with zero attached hydrogens (tertiary/aromatic N) is 6. The van der Waals surface area contributed by atoms with Gasteiger partial charge in [-0.25, -0.2) is 14.7 Å². The van der Waals surface area contributed by atoms with Crippen molar-refractivity contribution < 1.29 is 9.53 Å². The summed E-state index contributed by atoms with van der Waals surface area (Å²) in [5.41, 5.74) is 6.88. The molecule has 0 saturated heterocycles. The van der Waals surface area contributed by atoms with Crippen LogP contribution in [0.25, 0.3) is 5.95 Å². The van der Waals surface area contributed by atoms with Crippen molar-refractivity contribution in [2.75, 3.05) is 7.11 Å². The zero-order valence-corrected chi connectivity index (χ0v) is 23.9. The lowest BCUT2D eigenvalue weighted by molar-refractivity contribution is -0.133. The van der Waals surface area contributed by atoms with E-state index in [1.807, 2.05) is 75.4 Å². The molecule has 1 atom stereocenters. The van der Waals surface area contributed by atoms with E-state index < -0.39 is 0 Å². The van der Waals surface area contributed by atoms with Crippen molar-refractivity contribution in [1.29, 1.82) is 0 Å². The Labute approximate surface area is 239 Å². The zero-order chi connectivity index (χ0) is 28.7. The van der Waals surface area contributed by atoms with Gasteiger partial charge >= 0.3 is 0 Å². The molecule has 1 aliphatic carbocycles. The lowest BCUT2D eigenvalue weighted by Crippen LogP contribution is -2.38. The van der Waals surface area contributed by atoms with Crippen LogP contribution >= 0.6 is 0 Å². The number of aromatic nitrogens is 4. The topological polar surface area (TPSA) is 94.6 Å². The molecule has 0 fully saturated rings. The van der Waals surface area contributed by atoms with Gasteiger partial charge in [-0.3, -0.25) is 14.2 Å². The Hall–Kier alpha value is -4.53. The predicted octanol–water partition coefficient (Wildman–Crippen LogP) is 4.62. The molecular weight excluding hydrogens is 516 g/mol. The number of amides is 1. The minimum Gasteiger partial charge on any atom is -0.497 e. The molecule has 2 aromatic heterocycles. The normalized spacial score (nSPS) is 16.4. The largest absolute Gasteiger partial charge is 0.497 e. The first-order valence-corrected chi connectivity index (χ1v) is 14.1. The van der Waals surface area contributed by atoms with Gasteiger partial charge in [-0.2, -0.15) is 10.2 Å². The smallest absolute Gasteiger partial charge is 0.263 e. The summed E-state index contributed by atoms with van der Waals surface area (Å²) < 4.78 is 8.48. The maximum atomic E-state index is 14.1. The van der Waals surface area contributed by atoms with Gasteiger partial charge in [0.1, 0.15) is 12.3 Å². The number of carbonyl (C=O) groups is 1. The van der Waals surface area contributed by atoms with Gasteiger partial charge in [0.05, 0.1) is 30.3 Å². The molecule has 9 heteroatoms. The van der Waals surface area contributed by atoms with Gasteiger partial charge in [-0.1, -0.05) is 29.8 Å².